The van der Waals surface area contributed by atoms with E-state index >= 15 is 0 Å². The molecule has 1 fully saturated rings. The maximum absolute atomic E-state index is 6.11. The molecule has 1 aliphatic rings. The normalized spacial score (nSPS) is 27.4. The van der Waals surface area contributed by atoms with Gasteiger partial charge in [-0.2, -0.15) is 0 Å². The predicted molar refractivity (Wildman–Crippen MR) is 91.5 cm³/mol. The Kier molecular flexibility index (Phi) is 7.38. The smallest absolute Gasteiger partial charge is 0.0672 e. The minimum Gasteiger partial charge on any atom is -0.376 e. The number of ether oxygens (including phenoxy) is 1. The van der Waals surface area contributed by atoms with Crippen LogP contribution in [0.1, 0.15) is 59.8 Å². The Hall–Kier alpha value is -0.380. The average molecular weight is 296 g/mol. The summed E-state index contributed by atoms with van der Waals surface area (Å²) in [5, 5.41) is 3.69. The lowest BCUT2D eigenvalue weighted by Crippen LogP contribution is -2.52. The third-order valence-electron chi connectivity index (χ3n) is 4.89. The van der Waals surface area contributed by atoms with E-state index in [1.165, 1.54) is 32.1 Å². The van der Waals surface area contributed by atoms with Crippen LogP contribution in [0.25, 0.3) is 0 Å². The molecule has 2 atom stereocenters. The van der Waals surface area contributed by atoms with Gasteiger partial charge in [0, 0.05) is 18.6 Å². The van der Waals surface area contributed by atoms with E-state index in [1.807, 2.05) is 6.92 Å². The molecule has 0 bridgehead atoms. The van der Waals surface area contributed by atoms with E-state index in [0.29, 0.717) is 12.0 Å². The lowest BCUT2D eigenvalue weighted by atomic mass is 9.76. The van der Waals surface area contributed by atoms with Crippen molar-refractivity contribution in [1.82, 2.24) is 5.32 Å². The van der Waals surface area contributed by atoms with E-state index < -0.39 is 0 Å². The largest absolute Gasteiger partial charge is 0.376 e. The average Bonchev–Trinajstić information content (AvgIpc) is 2.61. The van der Waals surface area contributed by atoms with Crippen LogP contribution in [-0.2, 0) is 4.74 Å². The first-order chi connectivity index (χ1) is 9.79. The summed E-state index contributed by atoms with van der Waals surface area (Å²) in [5.41, 5.74) is 7.71. The molecule has 124 valence electrons. The zero-order valence-corrected chi connectivity index (χ0v) is 14.6. The third-order valence-corrected chi connectivity index (χ3v) is 4.89. The van der Waals surface area contributed by atoms with Crippen LogP contribution in [0.2, 0.25) is 0 Å². The second kappa shape index (κ2) is 8.30. The molecule has 3 N–H and O–H groups in total. The van der Waals surface area contributed by atoms with Gasteiger partial charge in [-0.1, -0.05) is 39.3 Å². The third kappa shape index (κ3) is 6.50. The lowest BCUT2D eigenvalue weighted by molar-refractivity contribution is 0.144. The lowest BCUT2D eigenvalue weighted by Gasteiger charge is -2.34. The monoisotopic (exact) mass is 296 g/mol. The molecule has 3 heteroatoms. The van der Waals surface area contributed by atoms with Crippen LogP contribution in [0.4, 0.5) is 0 Å². The summed E-state index contributed by atoms with van der Waals surface area (Å²) in [6, 6.07) is 0. The first kappa shape index (κ1) is 18.7. The van der Waals surface area contributed by atoms with Crippen LogP contribution in [0.15, 0.2) is 12.2 Å². The highest BCUT2D eigenvalue weighted by Crippen LogP contribution is 2.39. The summed E-state index contributed by atoms with van der Waals surface area (Å²) in [6.07, 6.45) is 6.26. The van der Waals surface area contributed by atoms with Gasteiger partial charge in [0.2, 0.25) is 0 Å². The molecule has 0 radical (unpaired) electrons. The summed E-state index contributed by atoms with van der Waals surface area (Å²) in [4.78, 5) is 0. The Morgan fingerprint density at radius 2 is 2.05 bits per heavy atom. The van der Waals surface area contributed by atoms with Gasteiger partial charge in [-0.05, 0) is 43.9 Å². The van der Waals surface area contributed by atoms with Crippen LogP contribution < -0.4 is 11.1 Å². The van der Waals surface area contributed by atoms with Crippen LogP contribution in [0.5, 0.6) is 0 Å². The molecule has 0 amide bonds. The summed E-state index contributed by atoms with van der Waals surface area (Å²) >= 11 is 0. The van der Waals surface area contributed by atoms with E-state index in [0.717, 1.165) is 31.2 Å². The quantitative estimate of drug-likeness (QED) is 0.429. The van der Waals surface area contributed by atoms with Gasteiger partial charge in [-0.15, -0.1) is 0 Å². The summed E-state index contributed by atoms with van der Waals surface area (Å²) in [6.45, 7) is 15.9. The van der Waals surface area contributed by atoms with Crippen molar-refractivity contribution >= 4 is 0 Å². The van der Waals surface area contributed by atoms with Gasteiger partial charge in [-0.25, -0.2) is 0 Å². The zero-order valence-electron chi connectivity index (χ0n) is 14.6. The van der Waals surface area contributed by atoms with Gasteiger partial charge in [0.25, 0.3) is 0 Å². The topological polar surface area (TPSA) is 47.3 Å². The second-order valence-electron chi connectivity index (χ2n) is 7.91. The van der Waals surface area contributed by atoms with Gasteiger partial charge in [-0.3, -0.25) is 0 Å². The second-order valence-corrected chi connectivity index (χ2v) is 7.91. The highest BCUT2D eigenvalue weighted by Gasteiger charge is 2.34. The van der Waals surface area contributed by atoms with Crippen molar-refractivity contribution in [3.8, 4) is 0 Å². The highest BCUT2D eigenvalue weighted by molar-refractivity contribution is 4.94. The van der Waals surface area contributed by atoms with Crippen molar-refractivity contribution in [3.63, 3.8) is 0 Å². The van der Waals surface area contributed by atoms with Gasteiger partial charge in [0.05, 0.1) is 13.2 Å². The standard InChI is InChI=1S/C18H36N2O/c1-15(2)13-21-12-11-20-18(14-19)9-6-7-16(8-10-18)17(3,4)5/h16,20H,1,6-14,19H2,2-5H3. The Morgan fingerprint density at radius 3 is 2.62 bits per heavy atom. The molecule has 0 saturated heterocycles. The molecule has 0 aliphatic heterocycles. The van der Waals surface area contributed by atoms with Crippen molar-refractivity contribution in [2.75, 3.05) is 26.3 Å². The fraction of sp³-hybridized carbons (Fsp3) is 0.889. The number of hydrogen-bond donors (Lipinski definition) is 2. The minimum absolute atomic E-state index is 0.118. The van der Waals surface area contributed by atoms with E-state index in [2.05, 4.69) is 32.7 Å². The molecule has 3 nitrogen and oxygen atoms in total. The molecule has 0 aromatic carbocycles. The van der Waals surface area contributed by atoms with Crippen molar-refractivity contribution in [2.24, 2.45) is 17.1 Å². The molecule has 0 spiro atoms. The van der Waals surface area contributed by atoms with Crippen molar-refractivity contribution in [2.45, 2.75) is 65.3 Å². The Labute approximate surface area is 131 Å². The molecule has 21 heavy (non-hydrogen) atoms. The molecule has 0 aromatic rings. The molecule has 1 rings (SSSR count). The van der Waals surface area contributed by atoms with E-state index in [4.69, 9.17) is 10.5 Å². The molecule has 1 aliphatic carbocycles. The highest BCUT2D eigenvalue weighted by atomic mass is 16.5. The maximum atomic E-state index is 6.11. The van der Waals surface area contributed by atoms with Crippen molar-refractivity contribution in [3.05, 3.63) is 12.2 Å². The summed E-state index contributed by atoms with van der Waals surface area (Å²) in [5.74, 6) is 0.812. The summed E-state index contributed by atoms with van der Waals surface area (Å²) < 4.78 is 5.58. The van der Waals surface area contributed by atoms with Gasteiger partial charge >= 0.3 is 0 Å². The number of hydrogen-bond acceptors (Lipinski definition) is 3. The SMILES string of the molecule is C=C(C)COCCNC1(CN)CCCC(C(C)(C)C)CC1. The van der Waals surface area contributed by atoms with Crippen molar-refractivity contribution < 1.29 is 4.74 Å². The van der Waals surface area contributed by atoms with Crippen LogP contribution >= 0.6 is 0 Å². The van der Waals surface area contributed by atoms with Gasteiger partial charge in [0.15, 0.2) is 0 Å². The van der Waals surface area contributed by atoms with Crippen LogP contribution in [-0.4, -0.2) is 31.8 Å². The zero-order chi connectivity index (χ0) is 15.9. The molecule has 1 saturated carbocycles. The molecule has 0 aromatic heterocycles. The molecular formula is C18H36N2O. The molecule has 2 unspecified atom stereocenters. The fourth-order valence-corrected chi connectivity index (χ4v) is 3.36. The first-order valence-electron chi connectivity index (χ1n) is 8.46. The van der Waals surface area contributed by atoms with E-state index in [1.54, 1.807) is 0 Å². The Bertz CT molecular complexity index is 322. The van der Waals surface area contributed by atoms with E-state index in [-0.39, 0.29) is 5.54 Å². The van der Waals surface area contributed by atoms with E-state index in [9.17, 15) is 0 Å². The molecular weight excluding hydrogens is 260 g/mol. The predicted octanol–water partition coefficient (Wildman–Crippen LogP) is 3.49. The first-order valence-corrected chi connectivity index (χ1v) is 8.46. The Morgan fingerprint density at radius 1 is 1.33 bits per heavy atom. The number of nitrogens with two attached hydrogens (primary N) is 1. The minimum atomic E-state index is 0.118. The van der Waals surface area contributed by atoms with Crippen molar-refractivity contribution in [1.29, 1.82) is 0 Å². The van der Waals surface area contributed by atoms with Crippen LogP contribution in [0, 0.1) is 11.3 Å². The summed E-state index contributed by atoms with van der Waals surface area (Å²) in [7, 11) is 0. The number of nitrogens with one attached hydrogen (secondary N) is 1. The number of rotatable bonds is 7. The Balaban J connectivity index is 2.43. The fourth-order valence-electron chi connectivity index (χ4n) is 3.36. The maximum Gasteiger partial charge on any atom is 0.0672 e. The van der Waals surface area contributed by atoms with Crippen LogP contribution in [0.3, 0.4) is 0 Å². The van der Waals surface area contributed by atoms with Gasteiger partial charge in [0.1, 0.15) is 0 Å². The van der Waals surface area contributed by atoms with Gasteiger partial charge < -0.3 is 15.8 Å². The molecule has 0 heterocycles.